The van der Waals surface area contributed by atoms with Crippen LogP contribution < -0.4 is 5.73 Å². The molecule has 0 aromatic rings. The fourth-order valence-corrected chi connectivity index (χ4v) is 1.66. The SMILES string of the molecule is NCC(F)(CCCC(F)(F)F)C1CC1. The summed E-state index contributed by atoms with van der Waals surface area (Å²) in [5, 5.41) is 0. The standard InChI is InChI=1S/C9H15F4N/c10-8(6-14,7-2-3-7)4-1-5-9(11,12)13/h7H,1-6,14H2. The van der Waals surface area contributed by atoms with Crippen LogP contribution in [0.3, 0.4) is 0 Å². The maximum absolute atomic E-state index is 13.8. The van der Waals surface area contributed by atoms with E-state index in [1.807, 2.05) is 0 Å². The molecule has 0 spiro atoms. The van der Waals surface area contributed by atoms with E-state index in [9.17, 15) is 17.6 Å². The summed E-state index contributed by atoms with van der Waals surface area (Å²) in [6.07, 6.45) is -3.79. The molecule has 1 aliphatic rings. The highest BCUT2D eigenvalue weighted by Crippen LogP contribution is 2.44. The Morgan fingerprint density at radius 3 is 2.00 bits per heavy atom. The zero-order chi connectivity index (χ0) is 10.8. The van der Waals surface area contributed by atoms with Crippen LogP contribution in [0.4, 0.5) is 17.6 Å². The molecule has 0 aliphatic heterocycles. The number of nitrogens with two attached hydrogens (primary N) is 1. The normalized spacial score (nSPS) is 22.1. The predicted molar refractivity (Wildman–Crippen MR) is 45.5 cm³/mol. The molecule has 1 atom stereocenters. The van der Waals surface area contributed by atoms with Crippen LogP contribution in [0, 0.1) is 5.92 Å². The molecule has 0 bridgehead atoms. The van der Waals surface area contributed by atoms with E-state index in [2.05, 4.69) is 0 Å². The molecule has 1 nitrogen and oxygen atoms in total. The van der Waals surface area contributed by atoms with Crippen LogP contribution in [0.15, 0.2) is 0 Å². The molecule has 0 aromatic carbocycles. The molecule has 5 heteroatoms. The van der Waals surface area contributed by atoms with E-state index in [4.69, 9.17) is 5.73 Å². The van der Waals surface area contributed by atoms with Gasteiger partial charge in [0.2, 0.25) is 0 Å². The van der Waals surface area contributed by atoms with E-state index in [-0.39, 0.29) is 25.3 Å². The van der Waals surface area contributed by atoms with Crippen molar-refractivity contribution in [2.45, 2.75) is 43.9 Å². The monoisotopic (exact) mass is 213 g/mol. The van der Waals surface area contributed by atoms with Crippen LogP contribution in [-0.4, -0.2) is 18.4 Å². The van der Waals surface area contributed by atoms with Gasteiger partial charge in [-0.05, 0) is 31.6 Å². The Hall–Kier alpha value is -0.320. The maximum Gasteiger partial charge on any atom is 0.389 e. The summed E-state index contributed by atoms with van der Waals surface area (Å²) in [7, 11) is 0. The van der Waals surface area contributed by atoms with Crippen molar-refractivity contribution < 1.29 is 17.6 Å². The van der Waals surface area contributed by atoms with Gasteiger partial charge in [-0.25, -0.2) is 4.39 Å². The zero-order valence-electron chi connectivity index (χ0n) is 7.91. The lowest BCUT2D eigenvalue weighted by Gasteiger charge is -2.23. The van der Waals surface area contributed by atoms with Crippen molar-refractivity contribution in [3.63, 3.8) is 0 Å². The van der Waals surface area contributed by atoms with Crippen molar-refractivity contribution in [2.24, 2.45) is 11.7 Å². The molecule has 0 aromatic heterocycles. The second-order valence-electron chi connectivity index (χ2n) is 3.98. The average molecular weight is 213 g/mol. The average Bonchev–Trinajstić information content (AvgIpc) is 2.83. The maximum atomic E-state index is 13.8. The van der Waals surface area contributed by atoms with E-state index in [1.165, 1.54) is 0 Å². The van der Waals surface area contributed by atoms with Crippen molar-refractivity contribution >= 4 is 0 Å². The van der Waals surface area contributed by atoms with E-state index in [0.29, 0.717) is 0 Å². The summed E-state index contributed by atoms with van der Waals surface area (Å²) < 4.78 is 49.2. The van der Waals surface area contributed by atoms with Gasteiger partial charge in [0.1, 0.15) is 5.67 Å². The summed E-state index contributed by atoms with van der Waals surface area (Å²) in [6.45, 7) is -0.157. The summed E-state index contributed by atoms with van der Waals surface area (Å²) in [4.78, 5) is 0. The molecule has 84 valence electrons. The Labute approximate surface area is 80.7 Å². The van der Waals surface area contributed by atoms with Gasteiger partial charge in [-0.1, -0.05) is 0 Å². The molecule has 1 fully saturated rings. The van der Waals surface area contributed by atoms with Crippen LogP contribution in [0.5, 0.6) is 0 Å². The summed E-state index contributed by atoms with van der Waals surface area (Å²) in [5.74, 6) is -0.0965. The van der Waals surface area contributed by atoms with Gasteiger partial charge in [-0.15, -0.1) is 0 Å². The molecule has 0 radical (unpaired) electrons. The predicted octanol–water partition coefficient (Wildman–Crippen LogP) is 2.80. The molecular weight excluding hydrogens is 198 g/mol. The number of alkyl halides is 4. The second kappa shape index (κ2) is 4.04. The lowest BCUT2D eigenvalue weighted by molar-refractivity contribution is -0.137. The van der Waals surface area contributed by atoms with E-state index >= 15 is 0 Å². The fraction of sp³-hybridized carbons (Fsp3) is 1.00. The number of hydrogen-bond donors (Lipinski definition) is 1. The highest BCUT2D eigenvalue weighted by molar-refractivity contribution is 4.95. The summed E-state index contributed by atoms with van der Waals surface area (Å²) in [6, 6.07) is 0. The quantitative estimate of drug-likeness (QED) is 0.698. The van der Waals surface area contributed by atoms with Crippen LogP contribution in [0.1, 0.15) is 32.1 Å². The highest BCUT2D eigenvalue weighted by Gasteiger charge is 2.44. The van der Waals surface area contributed by atoms with Gasteiger partial charge in [0, 0.05) is 13.0 Å². The molecule has 1 rings (SSSR count). The molecule has 0 amide bonds. The van der Waals surface area contributed by atoms with Gasteiger partial charge in [0.15, 0.2) is 0 Å². The van der Waals surface area contributed by atoms with Gasteiger partial charge >= 0.3 is 6.18 Å². The first-order chi connectivity index (χ1) is 6.37. The number of rotatable bonds is 5. The van der Waals surface area contributed by atoms with E-state index < -0.39 is 18.3 Å². The first kappa shape index (κ1) is 11.8. The van der Waals surface area contributed by atoms with Crippen molar-refractivity contribution in [2.75, 3.05) is 6.54 Å². The van der Waals surface area contributed by atoms with Gasteiger partial charge in [0.05, 0.1) is 0 Å². The topological polar surface area (TPSA) is 26.0 Å². The first-order valence-electron chi connectivity index (χ1n) is 4.83. The zero-order valence-corrected chi connectivity index (χ0v) is 7.91. The third kappa shape index (κ3) is 3.44. The van der Waals surface area contributed by atoms with Crippen LogP contribution in [0.2, 0.25) is 0 Å². The van der Waals surface area contributed by atoms with Gasteiger partial charge in [-0.3, -0.25) is 0 Å². The highest BCUT2D eigenvalue weighted by atomic mass is 19.4. The Morgan fingerprint density at radius 2 is 1.64 bits per heavy atom. The Bertz CT molecular complexity index is 188. The van der Waals surface area contributed by atoms with Crippen molar-refractivity contribution in [1.29, 1.82) is 0 Å². The van der Waals surface area contributed by atoms with Crippen LogP contribution >= 0.6 is 0 Å². The third-order valence-corrected chi connectivity index (χ3v) is 2.70. The molecule has 1 unspecified atom stereocenters. The first-order valence-corrected chi connectivity index (χ1v) is 4.83. The Morgan fingerprint density at radius 1 is 1.07 bits per heavy atom. The molecule has 0 saturated heterocycles. The summed E-state index contributed by atoms with van der Waals surface area (Å²) in [5.41, 5.74) is 3.69. The third-order valence-electron chi connectivity index (χ3n) is 2.70. The molecule has 0 heterocycles. The minimum absolute atomic E-state index is 0.0618. The van der Waals surface area contributed by atoms with Gasteiger partial charge in [-0.2, -0.15) is 13.2 Å². The number of hydrogen-bond acceptors (Lipinski definition) is 1. The lowest BCUT2D eigenvalue weighted by atomic mass is 9.93. The molecule has 2 N–H and O–H groups in total. The molecule has 1 aliphatic carbocycles. The lowest BCUT2D eigenvalue weighted by Crippen LogP contribution is -2.35. The minimum Gasteiger partial charge on any atom is -0.328 e. The smallest absolute Gasteiger partial charge is 0.328 e. The molecule has 14 heavy (non-hydrogen) atoms. The van der Waals surface area contributed by atoms with Gasteiger partial charge < -0.3 is 5.73 Å². The largest absolute Gasteiger partial charge is 0.389 e. The number of halogens is 4. The van der Waals surface area contributed by atoms with Gasteiger partial charge in [0.25, 0.3) is 0 Å². The van der Waals surface area contributed by atoms with Crippen molar-refractivity contribution in [3.8, 4) is 0 Å². The second-order valence-corrected chi connectivity index (χ2v) is 3.98. The fourth-order valence-electron chi connectivity index (χ4n) is 1.66. The van der Waals surface area contributed by atoms with Crippen molar-refractivity contribution in [1.82, 2.24) is 0 Å². The minimum atomic E-state index is -4.18. The Balaban J connectivity index is 2.27. The van der Waals surface area contributed by atoms with E-state index in [1.54, 1.807) is 0 Å². The van der Waals surface area contributed by atoms with Crippen LogP contribution in [-0.2, 0) is 0 Å². The van der Waals surface area contributed by atoms with E-state index in [0.717, 1.165) is 12.8 Å². The Kier molecular flexibility index (Phi) is 3.40. The molecule has 1 saturated carbocycles. The molecular formula is C9H15F4N. The van der Waals surface area contributed by atoms with Crippen molar-refractivity contribution in [3.05, 3.63) is 0 Å². The van der Waals surface area contributed by atoms with Crippen LogP contribution in [0.25, 0.3) is 0 Å². The summed E-state index contributed by atoms with van der Waals surface area (Å²) >= 11 is 0.